The number of likely N-dealkylation sites (N-methyl/N-ethyl adjacent to an activating group) is 1. The highest BCUT2D eigenvalue weighted by atomic mass is 32.1. The first-order chi connectivity index (χ1) is 8.93. The van der Waals surface area contributed by atoms with E-state index in [9.17, 15) is 0 Å². The zero-order chi connectivity index (χ0) is 14.3. The molecule has 5 heteroatoms. The van der Waals surface area contributed by atoms with Gasteiger partial charge in [0.2, 0.25) is 0 Å². The van der Waals surface area contributed by atoms with Gasteiger partial charge in [-0.3, -0.25) is 0 Å². The zero-order valence-corrected chi connectivity index (χ0v) is 13.6. The first-order valence-corrected chi connectivity index (χ1v) is 7.64. The Labute approximate surface area is 121 Å². The topological polar surface area (TPSA) is 37.4 Å². The van der Waals surface area contributed by atoms with Gasteiger partial charge in [0.15, 0.2) is 0 Å². The molecular weight excluding hydrogens is 258 g/mol. The summed E-state index contributed by atoms with van der Waals surface area (Å²) in [6, 6.07) is 0. The van der Waals surface area contributed by atoms with Crippen molar-refractivity contribution in [1.82, 2.24) is 15.2 Å². The third-order valence-corrected chi connectivity index (χ3v) is 3.79. The molecule has 1 aromatic heterocycles. The van der Waals surface area contributed by atoms with Gasteiger partial charge < -0.3 is 15.0 Å². The van der Waals surface area contributed by atoms with Crippen molar-refractivity contribution in [2.24, 2.45) is 0 Å². The molecule has 0 aromatic carbocycles. The van der Waals surface area contributed by atoms with Crippen LogP contribution in [0, 0.1) is 0 Å². The predicted octanol–water partition coefficient (Wildman–Crippen LogP) is 2.11. The lowest BCUT2D eigenvalue weighted by atomic mass is 9.93. The molecule has 1 N–H and O–H groups in total. The van der Waals surface area contributed by atoms with Crippen LogP contribution >= 0.6 is 11.3 Å². The van der Waals surface area contributed by atoms with E-state index in [1.54, 1.807) is 18.4 Å². The quantitative estimate of drug-likeness (QED) is 0.742. The van der Waals surface area contributed by atoms with E-state index in [4.69, 9.17) is 4.74 Å². The summed E-state index contributed by atoms with van der Waals surface area (Å²) < 4.78 is 5.05. The van der Waals surface area contributed by atoms with Gasteiger partial charge in [0, 0.05) is 44.1 Å². The third-order valence-electron chi connectivity index (χ3n) is 2.94. The maximum Gasteiger partial charge on any atom is 0.107 e. The number of hydrogen-bond donors (Lipinski definition) is 1. The predicted molar refractivity (Wildman–Crippen MR) is 81.9 cm³/mol. The standard InChI is InChI=1S/C14H27N3OS/c1-14(2,3)12-11-19-13(16-12)10-15-6-7-17(4)8-9-18-5/h11,15H,6-10H2,1-5H3. The maximum atomic E-state index is 5.05. The number of aromatic nitrogens is 1. The van der Waals surface area contributed by atoms with E-state index in [0.717, 1.165) is 32.8 Å². The molecule has 1 aromatic rings. The Hall–Kier alpha value is -0.490. The van der Waals surface area contributed by atoms with Crippen molar-refractivity contribution >= 4 is 11.3 Å². The highest BCUT2D eigenvalue weighted by molar-refractivity contribution is 7.09. The molecule has 0 amide bonds. The average molecular weight is 285 g/mol. The Balaban J connectivity index is 2.21. The van der Waals surface area contributed by atoms with Crippen LogP contribution in [0.15, 0.2) is 5.38 Å². The van der Waals surface area contributed by atoms with E-state index in [2.05, 4.69) is 48.4 Å². The molecule has 0 spiro atoms. The molecule has 0 aliphatic heterocycles. The fourth-order valence-electron chi connectivity index (χ4n) is 1.56. The van der Waals surface area contributed by atoms with Crippen LogP contribution in [-0.4, -0.2) is 50.3 Å². The molecule has 0 fully saturated rings. The number of thiazole rings is 1. The molecule has 4 nitrogen and oxygen atoms in total. The number of methoxy groups -OCH3 is 1. The summed E-state index contributed by atoms with van der Waals surface area (Å²) in [4.78, 5) is 6.93. The molecule has 0 aliphatic carbocycles. The highest BCUT2D eigenvalue weighted by Gasteiger charge is 2.17. The van der Waals surface area contributed by atoms with Crippen molar-refractivity contribution in [2.75, 3.05) is 40.4 Å². The van der Waals surface area contributed by atoms with Gasteiger partial charge in [0.25, 0.3) is 0 Å². The number of hydrogen-bond acceptors (Lipinski definition) is 5. The van der Waals surface area contributed by atoms with Crippen molar-refractivity contribution in [3.05, 3.63) is 16.1 Å². The van der Waals surface area contributed by atoms with Gasteiger partial charge in [-0.15, -0.1) is 11.3 Å². The van der Waals surface area contributed by atoms with E-state index in [0.29, 0.717) is 0 Å². The third kappa shape index (κ3) is 6.47. The van der Waals surface area contributed by atoms with Crippen LogP contribution in [0.4, 0.5) is 0 Å². The van der Waals surface area contributed by atoms with Gasteiger partial charge in [-0.1, -0.05) is 20.8 Å². The van der Waals surface area contributed by atoms with Crippen LogP contribution in [0.5, 0.6) is 0 Å². The number of nitrogens with zero attached hydrogens (tertiary/aromatic N) is 2. The van der Waals surface area contributed by atoms with Gasteiger partial charge >= 0.3 is 0 Å². The normalized spacial score (nSPS) is 12.3. The van der Waals surface area contributed by atoms with Gasteiger partial charge in [-0.2, -0.15) is 0 Å². The highest BCUT2D eigenvalue weighted by Crippen LogP contribution is 2.23. The minimum atomic E-state index is 0.148. The fourth-order valence-corrected chi connectivity index (χ4v) is 2.55. The molecule has 1 heterocycles. The maximum absolute atomic E-state index is 5.05. The first kappa shape index (κ1) is 16.6. The Kier molecular flexibility index (Phi) is 6.93. The number of ether oxygens (including phenoxy) is 1. The van der Waals surface area contributed by atoms with Crippen LogP contribution in [-0.2, 0) is 16.7 Å². The van der Waals surface area contributed by atoms with E-state index >= 15 is 0 Å². The summed E-state index contributed by atoms with van der Waals surface area (Å²) >= 11 is 1.74. The van der Waals surface area contributed by atoms with Crippen molar-refractivity contribution in [3.63, 3.8) is 0 Å². The summed E-state index contributed by atoms with van der Waals surface area (Å²) in [6.45, 7) is 11.2. The summed E-state index contributed by atoms with van der Waals surface area (Å²) in [5, 5.41) is 6.78. The molecule has 0 unspecified atom stereocenters. The zero-order valence-electron chi connectivity index (χ0n) is 12.8. The number of rotatable bonds is 8. The molecule has 0 bridgehead atoms. The Morgan fingerprint density at radius 1 is 1.37 bits per heavy atom. The van der Waals surface area contributed by atoms with Crippen molar-refractivity contribution < 1.29 is 4.74 Å². The molecule has 1 rings (SSSR count). The van der Waals surface area contributed by atoms with Crippen LogP contribution in [0.2, 0.25) is 0 Å². The van der Waals surface area contributed by atoms with E-state index in [-0.39, 0.29) is 5.41 Å². The Bertz CT molecular complexity index is 360. The second kappa shape index (κ2) is 7.94. The molecular formula is C14H27N3OS. The minimum Gasteiger partial charge on any atom is -0.383 e. The van der Waals surface area contributed by atoms with E-state index < -0.39 is 0 Å². The van der Waals surface area contributed by atoms with Crippen LogP contribution < -0.4 is 5.32 Å². The number of nitrogens with one attached hydrogen (secondary N) is 1. The molecule has 0 radical (unpaired) electrons. The summed E-state index contributed by atoms with van der Waals surface area (Å²) in [5.74, 6) is 0. The lowest BCUT2D eigenvalue weighted by Crippen LogP contribution is -2.31. The van der Waals surface area contributed by atoms with Gasteiger partial charge in [-0.25, -0.2) is 4.98 Å². The second-order valence-electron chi connectivity index (χ2n) is 5.85. The van der Waals surface area contributed by atoms with Crippen LogP contribution in [0.25, 0.3) is 0 Å². The van der Waals surface area contributed by atoms with Gasteiger partial charge in [-0.05, 0) is 7.05 Å². The van der Waals surface area contributed by atoms with Crippen molar-refractivity contribution in [1.29, 1.82) is 0 Å². The average Bonchev–Trinajstić information content (AvgIpc) is 2.80. The van der Waals surface area contributed by atoms with E-state index in [1.165, 1.54) is 10.7 Å². The minimum absolute atomic E-state index is 0.148. The monoisotopic (exact) mass is 285 g/mol. The smallest absolute Gasteiger partial charge is 0.107 e. The summed E-state index contributed by atoms with van der Waals surface area (Å²) in [5.41, 5.74) is 1.33. The molecule has 0 saturated carbocycles. The lowest BCUT2D eigenvalue weighted by Gasteiger charge is -2.16. The Morgan fingerprint density at radius 3 is 2.68 bits per heavy atom. The molecule has 0 saturated heterocycles. The van der Waals surface area contributed by atoms with Crippen molar-refractivity contribution in [3.8, 4) is 0 Å². The second-order valence-corrected chi connectivity index (χ2v) is 6.79. The fraction of sp³-hybridized carbons (Fsp3) is 0.786. The summed E-state index contributed by atoms with van der Waals surface area (Å²) in [6.07, 6.45) is 0. The largest absolute Gasteiger partial charge is 0.383 e. The molecule has 0 atom stereocenters. The van der Waals surface area contributed by atoms with Gasteiger partial charge in [0.1, 0.15) is 5.01 Å². The molecule has 19 heavy (non-hydrogen) atoms. The SMILES string of the molecule is COCCN(C)CCNCc1nc(C(C)(C)C)cs1. The molecule has 0 aliphatic rings. The summed E-state index contributed by atoms with van der Waals surface area (Å²) in [7, 11) is 3.85. The van der Waals surface area contributed by atoms with Crippen molar-refractivity contribution in [2.45, 2.75) is 32.7 Å². The van der Waals surface area contributed by atoms with Crippen LogP contribution in [0.1, 0.15) is 31.5 Å². The van der Waals surface area contributed by atoms with Crippen LogP contribution in [0.3, 0.4) is 0 Å². The van der Waals surface area contributed by atoms with Gasteiger partial charge in [0.05, 0.1) is 12.3 Å². The first-order valence-electron chi connectivity index (χ1n) is 6.76. The lowest BCUT2D eigenvalue weighted by molar-refractivity contribution is 0.161. The Morgan fingerprint density at radius 2 is 2.11 bits per heavy atom. The molecule has 110 valence electrons. The van der Waals surface area contributed by atoms with E-state index in [1.807, 2.05) is 0 Å².